The highest BCUT2D eigenvalue weighted by atomic mass is 32.2. The van der Waals surface area contributed by atoms with Gasteiger partial charge in [0, 0.05) is 41.5 Å². The molecule has 0 spiro atoms. The van der Waals surface area contributed by atoms with Crippen LogP contribution < -0.4 is 10.9 Å². The van der Waals surface area contributed by atoms with Crippen LogP contribution in [-0.2, 0) is 4.79 Å². The Kier molecular flexibility index (Phi) is 5.47. The smallest absolute Gasteiger partial charge is 0.269 e. The van der Waals surface area contributed by atoms with E-state index in [0.29, 0.717) is 40.5 Å². The quantitative estimate of drug-likeness (QED) is 0.306. The molecule has 2 aromatic rings. The molecule has 0 fully saturated rings. The van der Waals surface area contributed by atoms with Crippen molar-refractivity contribution in [3.05, 3.63) is 67.1 Å². The van der Waals surface area contributed by atoms with Gasteiger partial charge in [0.2, 0.25) is 0 Å². The molecule has 4 rings (SSSR count). The maximum Gasteiger partial charge on any atom is 0.269 e. The van der Waals surface area contributed by atoms with Crippen molar-refractivity contribution in [2.24, 2.45) is 5.41 Å². The Morgan fingerprint density at radius 2 is 1.94 bits per heavy atom. The predicted octanol–water partition coefficient (Wildman–Crippen LogP) is 4.38. The van der Waals surface area contributed by atoms with Gasteiger partial charge in [0.05, 0.1) is 10.5 Å². The number of carbonyl (C=O) groups excluding carboxylic acids is 1. The molecule has 1 aromatic heterocycles. The predicted molar refractivity (Wildman–Crippen MR) is 119 cm³/mol. The maximum atomic E-state index is 13.2. The van der Waals surface area contributed by atoms with Gasteiger partial charge in [-0.15, -0.1) is 0 Å². The summed E-state index contributed by atoms with van der Waals surface area (Å²) in [5.41, 5.74) is 1.83. The summed E-state index contributed by atoms with van der Waals surface area (Å²) < 4.78 is 0. The molecule has 2 aliphatic rings. The van der Waals surface area contributed by atoms with Crippen molar-refractivity contribution in [2.45, 2.75) is 51.1 Å². The normalized spacial score (nSPS) is 19.5. The number of fused-ring (bicyclic) bond motifs is 1. The molecule has 1 aliphatic heterocycles. The fraction of sp³-hybridized carbons (Fsp3) is 0.409. The molecule has 1 aliphatic carbocycles. The molecule has 31 heavy (non-hydrogen) atoms. The average molecular weight is 441 g/mol. The number of nitrogens with one attached hydrogen (secondary N) is 2. The number of thioether (sulfide) groups is 1. The van der Waals surface area contributed by atoms with E-state index >= 15 is 0 Å². The Balaban J connectivity index is 1.89. The summed E-state index contributed by atoms with van der Waals surface area (Å²) >= 11 is 1.47. The Labute approximate surface area is 183 Å². The number of anilines is 1. The largest absolute Gasteiger partial charge is 0.343 e. The number of benzene rings is 1. The van der Waals surface area contributed by atoms with Crippen molar-refractivity contribution >= 4 is 29.1 Å². The summed E-state index contributed by atoms with van der Waals surface area (Å²) in [6.45, 7) is 6.14. The zero-order valence-corrected chi connectivity index (χ0v) is 18.5. The third-order valence-corrected chi connectivity index (χ3v) is 6.66. The van der Waals surface area contributed by atoms with Gasteiger partial charge in [-0.2, -0.15) is 0 Å². The number of allylic oxidation sites excluding steroid dienone is 2. The number of carbonyl (C=O) groups is 1. The molecule has 2 heterocycles. The molecular weight excluding hydrogens is 416 g/mol. The molecule has 162 valence electrons. The summed E-state index contributed by atoms with van der Waals surface area (Å²) in [6.07, 6.45) is 1.98. The number of hydrogen-bond acceptors (Lipinski definition) is 7. The van der Waals surface area contributed by atoms with E-state index in [4.69, 9.17) is 0 Å². The second kappa shape index (κ2) is 7.96. The van der Waals surface area contributed by atoms with Crippen molar-refractivity contribution in [3.63, 3.8) is 0 Å². The van der Waals surface area contributed by atoms with Gasteiger partial charge >= 0.3 is 0 Å². The molecule has 0 amide bonds. The lowest BCUT2D eigenvalue weighted by atomic mass is 9.69. The van der Waals surface area contributed by atoms with Crippen LogP contribution in [0.15, 0.2) is 45.5 Å². The Morgan fingerprint density at radius 3 is 2.58 bits per heavy atom. The summed E-state index contributed by atoms with van der Waals surface area (Å²) in [6, 6.07) is 6.05. The summed E-state index contributed by atoms with van der Waals surface area (Å²) in [5, 5.41) is 14.9. The van der Waals surface area contributed by atoms with Crippen molar-refractivity contribution in [1.29, 1.82) is 0 Å². The first-order valence-electron chi connectivity index (χ1n) is 10.2. The van der Waals surface area contributed by atoms with Crippen LogP contribution in [0.5, 0.6) is 0 Å². The highest BCUT2D eigenvalue weighted by molar-refractivity contribution is 7.99. The lowest BCUT2D eigenvalue weighted by molar-refractivity contribution is -0.384. The number of nitro groups is 1. The topological polar surface area (TPSA) is 118 Å². The molecule has 0 unspecified atom stereocenters. The van der Waals surface area contributed by atoms with E-state index in [2.05, 4.69) is 22.2 Å². The first-order chi connectivity index (χ1) is 14.7. The second-order valence-corrected chi connectivity index (χ2v) is 9.81. The Bertz CT molecular complexity index is 1150. The number of rotatable bonds is 5. The molecule has 1 aromatic carbocycles. The SMILES string of the molecule is CCCSc1nc2c(c(=O)[nH]1)[C@H](c1ccc([N+](=O)[O-])cc1)C1=C(CC(C)(C)CC1=O)N2. The van der Waals surface area contributed by atoms with Crippen LogP contribution in [0.2, 0.25) is 0 Å². The number of H-pyrrole nitrogens is 1. The number of Topliss-reactive ketones (excluding diaryl/α,β-unsaturated/α-hetero) is 1. The van der Waals surface area contributed by atoms with Gasteiger partial charge in [-0.05, 0) is 23.8 Å². The molecule has 0 radical (unpaired) electrons. The zero-order chi connectivity index (χ0) is 22.3. The van der Waals surface area contributed by atoms with E-state index in [1.54, 1.807) is 12.1 Å². The number of ketones is 1. The lowest BCUT2D eigenvalue weighted by Gasteiger charge is -2.38. The second-order valence-electron chi connectivity index (χ2n) is 8.72. The Hall–Kier alpha value is -2.94. The number of aromatic amines is 1. The minimum absolute atomic E-state index is 0.0170. The zero-order valence-electron chi connectivity index (χ0n) is 17.7. The number of nitrogens with zero attached hydrogens (tertiary/aromatic N) is 2. The third kappa shape index (κ3) is 4.01. The van der Waals surface area contributed by atoms with Crippen molar-refractivity contribution in [3.8, 4) is 0 Å². The van der Waals surface area contributed by atoms with Gasteiger partial charge in [-0.25, -0.2) is 4.98 Å². The number of nitro benzene ring substituents is 1. The first kappa shape index (κ1) is 21.3. The van der Waals surface area contributed by atoms with Crippen molar-refractivity contribution in [2.75, 3.05) is 11.1 Å². The van der Waals surface area contributed by atoms with E-state index in [-0.39, 0.29) is 22.4 Å². The van der Waals surface area contributed by atoms with Gasteiger partial charge in [-0.3, -0.25) is 19.7 Å². The average Bonchev–Trinajstić information content (AvgIpc) is 2.69. The lowest BCUT2D eigenvalue weighted by Crippen LogP contribution is -2.37. The van der Waals surface area contributed by atoms with E-state index in [1.165, 1.54) is 23.9 Å². The monoisotopic (exact) mass is 440 g/mol. The summed E-state index contributed by atoms with van der Waals surface area (Å²) in [5.74, 6) is 0.649. The first-order valence-corrected chi connectivity index (χ1v) is 11.2. The van der Waals surface area contributed by atoms with E-state index in [1.807, 2.05) is 13.8 Å². The van der Waals surface area contributed by atoms with Gasteiger partial charge in [0.1, 0.15) is 5.82 Å². The van der Waals surface area contributed by atoms with Crippen LogP contribution in [0, 0.1) is 15.5 Å². The molecule has 9 heteroatoms. The van der Waals surface area contributed by atoms with E-state index in [9.17, 15) is 19.7 Å². The molecule has 0 saturated heterocycles. The fourth-order valence-corrected chi connectivity index (χ4v) is 5.00. The van der Waals surface area contributed by atoms with Crippen LogP contribution in [0.3, 0.4) is 0 Å². The maximum absolute atomic E-state index is 13.2. The molecule has 1 atom stereocenters. The number of non-ortho nitro benzene ring substituents is 1. The number of aromatic nitrogens is 2. The molecule has 0 saturated carbocycles. The van der Waals surface area contributed by atoms with Gasteiger partial charge in [0.25, 0.3) is 11.2 Å². The van der Waals surface area contributed by atoms with Crippen molar-refractivity contribution < 1.29 is 9.72 Å². The highest BCUT2D eigenvalue weighted by Crippen LogP contribution is 2.47. The van der Waals surface area contributed by atoms with Gasteiger partial charge in [0.15, 0.2) is 10.9 Å². The number of hydrogen-bond donors (Lipinski definition) is 2. The minimum atomic E-state index is -0.614. The highest BCUT2D eigenvalue weighted by Gasteiger charge is 2.42. The van der Waals surface area contributed by atoms with Crippen LogP contribution >= 0.6 is 11.8 Å². The Morgan fingerprint density at radius 1 is 1.23 bits per heavy atom. The standard InChI is InChI=1S/C22H24N4O4S/c1-4-9-31-21-24-19-18(20(28)25-21)16(12-5-7-13(8-6-12)26(29)30)17-14(23-19)10-22(2,3)11-15(17)27/h5-8,16H,4,9-11H2,1-3H3,(H2,23,24,25,28)/t16-/m1/s1. The fourth-order valence-electron chi connectivity index (χ4n) is 4.28. The van der Waals surface area contributed by atoms with Crippen LogP contribution in [0.4, 0.5) is 11.5 Å². The molecule has 2 N–H and O–H groups in total. The van der Waals surface area contributed by atoms with E-state index < -0.39 is 10.8 Å². The van der Waals surface area contributed by atoms with Crippen LogP contribution in [-0.4, -0.2) is 26.4 Å². The molecule has 0 bridgehead atoms. The summed E-state index contributed by atoms with van der Waals surface area (Å²) in [4.78, 5) is 44.4. The van der Waals surface area contributed by atoms with Crippen molar-refractivity contribution in [1.82, 2.24) is 9.97 Å². The van der Waals surface area contributed by atoms with Crippen LogP contribution in [0.1, 0.15) is 57.1 Å². The van der Waals surface area contributed by atoms with Gasteiger partial charge < -0.3 is 10.3 Å². The molecule has 8 nitrogen and oxygen atoms in total. The van der Waals surface area contributed by atoms with Gasteiger partial charge in [-0.1, -0.05) is 44.7 Å². The minimum Gasteiger partial charge on any atom is -0.343 e. The van der Waals surface area contributed by atoms with Crippen LogP contribution in [0.25, 0.3) is 0 Å². The van der Waals surface area contributed by atoms with E-state index in [0.717, 1.165) is 17.9 Å². The third-order valence-electron chi connectivity index (χ3n) is 5.58. The summed E-state index contributed by atoms with van der Waals surface area (Å²) in [7, 11) is 0. The molecular formula is C22H24N4O4S.